The summed E-state index contributed by atoms with van der Waals surface area (Å²) in [6.45, 7) is 5.12. The number of ether oxygens (including phenoxy) is 1. The van der Waals surface area contributed by atoms with E-state index in [-0.39, 0.29) is 11.7 Å². The summed E-state index contributed by atoms with van der Waals surface area (Å²) in [7, 11) is 0. The van der Waals surface area contributed by atoms with Crippen molar-refractivity contribution in [2.45, 2.75) is 38.7 Å². The lowest BCUT2D eigenvalue weighted by Crippen LogP contribution is -2.52. The third-order valence-corrected chi connectivity index (χ3v) is 5.37. The quantitative estimate of drug-likeness (QED) is 0.791. The Labute approximate surface area is 153 Å². The van der Waals surface area contributed by atoms with Gasteiger partial charge in [0.2, 0.25) is 0 Å². The third kappa shape index (κ3) is 2.87. The van der Waals surface area contributed by atoms with Crippen LogP contribution in [0.15, 0.2) is 36.5 Å². The van der Waals surface area contributed by atoms with Crippen molar-refractivity contribution in [3.05, 3.63) is 58.9 Å². The Bertz CT molecular complexity index is 868. The number of aryl methyl sites for hydroxylation is 2. The Morgan fingerprint density at radius 2 is 1.96 bits per heavy atom. The van der Waals surface area contributed by atoms with E-state index in [1.165, 1.54) is 0 Å². The van der Waals surface area contributed by atoms with Crippen LogP contribution in [0.2, 0.25) is 0 Å². The van der Waals surface area contributed by atoms with E-state index in [4.69, 9.17) is 4.74 Å². The minimum atomic E-state index is -0.495. The number of nitrogens with zero attached hydrogens (tertiary/aromatic N) is 2. The molecule has 2 aliphatic heterocycles. The van der Waals surface area contributed by atoms with Crippen LogP contribution >= 0.6 is 0 Å². The van der Waals surface area contributed by atoms with Gasteiger partial charge in [-0.25, -0.2) is 0 Å². The Kier molecular flexibility index (Phi) is 4.02. The summed E-state index contributed by atoms with van der Waals surface area (Å²) in [4.78, 5) is 31.3. The topological polar surface area (TPSA) is 59.5 Å². The highest BCUT2D eigenvalue weighted by atomic mass is 16.5. The van der Waals surface area contributed by atoms with E-state index in [9.17, 15) is 9.59 Å². The molecule has 0 bridgehead atoms. The molecule has 1 aromatic carbocycles. The van der Waals surface area contributed by atoms with E-state index in [1.807, 2.05) is 32.0 Å². The van der Waals surface area contributed by atoms with Crippen LogP contribution in [0.3, 0.4) is 0 Å². The van der Waals surface area contributed by atoms with E-state index < -0.39 is 5.60 Å². The van der Waals surface area contributed by atoms with Crippen LogP contribution in [-0.2, 0) is 0 Å². The minimum Gasteiger partial charge on any atom is -0.486 e. The number of likely N-dealkylation sites (tertiary alicyclic amines) is 1. The molecule has 1 fully saturated rings. The molecule has 2 aliphatic rings. The number of rotatable bonds is 1. The van der Waals surface area contributed by atoms with Gasteiger partial charge in [0.25, 0.3) is 5.91 Å². The van der Waals surface area contributed by atoms with Crippen molar-refractivity contribution in [1.29, 1.82) is 0 Å². The second-order valence-corrected chi connectivity index (χ2v) is 7.35. The first-order chi connectivity index (χ1) is 12.5. The molecule has 1 saturated heterocycles. The predicted octanol–water partition coefficient (Wildman–Crippen LogP) is 3.34. The van der Waals surface area contributed by atoms with Gasteiger partial charge in [-0.15, -0.1) is 0 Å². The Balaban J connectivity index is 1.52. The molecule has 1 amide bonds. The molecule has 0 radical (unpaired) electrons. The predicted molar refractivity (Wildman–Crippen MR) is 97.6 cm³/mol. The molecule has 26 heavy (non-hydrogen) atoms. The van der Waals surface area contributed by atoms with Crippen molar-refractivity contribution < 1.29 is 14.3 Å². The maximum absolute atomic E-state index is 12.7. The number of amides is 1. The van der Waals surface area contributed by atoms with Crippen molar-refractivity contribution in [3.8, 4) is 5.75 Å². The zero-order valence-corrected chi connectivity index (χ0v) is 15.1. The molecule has 1 aromatic heterocycles. The highest BCUT2D eigenvalue weighted by molar-refractivity contribution is 6.01. The second-order valence-electron chi connectivity index (χ2n) is 7.35. The summed E-state index contributed by atoms with van der Waals surface area (Å²) in [6, 6.07) is 9.30. The molecule has 3 heterocycles. The van der Waals surface area contributed by atoms with Crippen LogP contribution in [0.5, 0.6) is 5.75 Å². The van der Waals surface area contributed by atoms with E-state index in [0.29, 0.717) is 43.6 Å². The Morgan fingerprint density at radius 1 is 1.19 bits per heavy atom. The summed E-state index contributed by atoms with van der Waals surface area (Å²) in [6.07, 6.45) is 3.33. The smallest absolute Gasteiger partial charge is 0.272 e. The molecule has 4 rings (SSSR count). The molecular formula is C21H22N2O3. The number of Topliss-reactive ketones (excluding diaryl/α,β-unsaturated/α-hetero) is 1. The first-order valence-electron chi connectivity index (χ1n) is 9.01. The normalized spacial score (nSPS) is 18.4. The first-order valence-corrected chi connectivity index (χ1v) is 9.01. The first kappa shape index (κ1) is 16.8. The number of piperidine rings is 1. The van der Waals surface area contributed by atoms with Crippen molar-refractivity contribution in [2.24, 2.45) is 0 Å². The van der Waals surface area contributed by atoms with Gasteiger partial charge in [0, 0.05) is 32.1 Å². The summed E-state index contributed by atoms with van der Waals surface area (Å²) in [5.74, 6) is 0.800. The molecule has 0 atom stereocenters. The molecule has 5 heteroatoms. The lowest BCUT2D eigenvalue weighted by atomic mass is 9.81. The number of hydrogen-bond acceptors (Lipinski definition) is 4. The maximum Gasteiger partial charge on any atom is 0.272 e. The number of carbonyl (C=O) groups excluding carboxylic acids is 2. The number of pyridine rings is 1. The van der Waals surface area contributed by atoms with Crippen LogP contribution in [0.1, 0.15) is 51.2 Å². The lowest BCUT2D eigenvalue weighted by Gasteiger charge is -2.44. The van der Waals surface area contributed by atoms with Gasteiger partial charge in [-0.1, -0.05) is 12.1 Å². The molecule has 0 aliphatic carbocycles. The summed E-state index contributed by atoms with van der Waals surface area (Å²) >= 11 is 0. The van der Waals surface area contributed by atoms with Crippen LogP contribution in [0.25, 0.3) is 0 Å². The average Bonchev–Trinajstić information content (AvgIpc) is 2.64. The van der Waals surface area contributed by atoms with Crippen LogP contribution < -0.4 is 4.74 Å². The Hall–Kier alpha value is -2.69. The SMILES string of the molecule is Cc1cc(C)c2c(c1)C(=O)CC1(CCN(C(=O)c3ccccn3)CC1)O2. The molecule has 0 N–H and O–H groups in total. The monoisotopic (exact) mass is 350 g/mol. The highest BCUT2D eigenvalue weighted by Crippen LogP contribution is 2.41. The van der Waals surface area contributed by atoms with Gasteiger partial charge in [-0.2, -0.15) is 0 Å². The average molecular weight is 350 g/mol. The molecular weight excluding hydrogens is 328 g/mol. The van der Waals surface area contributed by atoms with Gasteiger partial charge in [0.1, 0.15) is 17.0 Å². The fourth-order valence-corrected chi connectivity index (χ4v) is 3.98. The number of ketones is 1. The van der Waals surface area contributed by atoms with Crippen molar-refractivity contribution >= 4 is 11.7 Å². The molecule has 5 nitrogen and oxygen atoms in total. The van der Waals surface area contributed by atoms with Crippen LogP contribution in [0.4, 0.5) is 0 Å². The van der Waals surface area contributed by atoms with Crippen LogP contribution in [0, 0.1) is 13.8 Å². The molecule has 0 saturated carbocycles. The zero-order valence-electron chi connectivity index (χ0n) is 15.1. The third-order valence-electron chi connectivity index (χ3n) is 5.37. The summed E-state index contributed by atoms with van der Waals surface area (Å²) in [5, 5.41) is 0. The lowest BCUT2D eigenvalue weighted by molar-refractivity contribution is -0.00632. The Morgan fingerprint density at radius 3 is 2.65 bits per heavy atom. The fraction of sp³-hybridized carbons (Fsp3) is 0.381. The number of carbonyl (C=O) groups is 2. The maximum atomic E-state index is 12.7. The van der Waals surface area contributed by atoms with Gasteiger partial charge in [-0.05, 0) is 43.2 Å². The van der Waals surface area contributed by atoms with Gasteiger partial charge in [0.05, 0.1) is 12.0 Å². The number of hydrogen-bond donors (Lipinski definition) is 0. The zero-order chi connectivity index (χ0) is 18.3. The van der Waals surface area contributed by atoms with Crippen LogP contribution in [-0.4, -0.2) is 40.3 Å². The van der Waals surface area contributed by atoms with Crippen molar-refractivity contribution in [2.75, 3.05) is 13.1 Å². The molecule has 2 aromatic rings. The summed E-state index contributed by atoms with van der Waals surface area (Å²) < 4.78 is 6.38. The standard InChI is InChI=1S/C21H22N2O3/c1-14-11-15(2)19-16(12-14)18(24)13-21(26-19)6-9-23(10-7-21)20(25)17-5-3-4-8-22-17/h3-5,8,11-12H,6-7,9-10,13H2,1-2H3. The minimum absolute atomic E-state index is 0.0604. The van der Waals surface area contributed by atoms with Gasteiger partial charge < -0.3 is 9.64 Å². The van der Waals surface area contributed by atoms with Gasteiger partial charge >= 0.3 is 0 Å². The summed E-state index contributed by atoms with van der Waals surface area (Å²) in [5.41, 5.74) is 2.73. The van der Waals surface area contributed by atoms with E-state index in [1.54, 1.807) is 23.2 Å². The van der Waals surface area contributed by atoms with Gasteiger partial charge in [-0.3, -0.25) is 14.6 Å². The molecule has 134 valence electrons. The van der Waals surface area contributed by atoms with Gasteiger partial charge in [0.15, 0.2) is 5.78 Å². The van der Waals surface area contributed by atoms with E-state index in [0.717, 1.165) is 16.9 Å². The molecule has 0 unspecified atom stereocenters. The number of aromatic nitrogens is 1. The number of fused-ring (bicyclic) bond motifs is 1. The largest absolute Gasteiger partial charge is 0.486 e. The van der Waals surface area contributed by atoms with Crippen molar-refractivity contribution in [1.82, 2.24) is 9.88 Å². The fourth-order valence-electron chi connectivity index (χ4n) is 3.98. The number of benzene rings is 1. The van der Waals surface area contributed by atoms with Crippen molar-refractivity contribution in [3.63, 3.8) is 0 Å². The van der Waals surface area contributed by atoms with E-state index >= 15 is 0 Å². The second kappa shape index (κ2) is 6.24. The highest BCUT2D eigenvalue weighted by Gasteiger charge is 2.44. The van der Waals surface area contributed by atoms with E-state index in [2.05, 4.69) is 4.98 Å². The molecule has 1 spiro atoms.